The van der Waals surface area contributed by atoms with Gasteiger partial charge in [0.25, 0.3) is 0 Å². The fourth-order valence-corrected chi connectivity index (χ4v) is 2.40. The minimum Gasteiger partial charge on any atom is -0.489 e. The van der Waals surface area contributed by atoms with Gasteiger partial charge < -0.3 is 4.74 Å². The first-order valence-corrected chi connectivity index (χ1v) is 7.32. The van der Waals surface area contributed by atoms with Crippen LogP contribution in [0.5, 0.6) is 5.75 Å². The highest BCUT2D eigenvalue weighted by Crippen LogP contribution is 2.24. The van der Waals surface area contributed by atoms with Gasteiger partial charge in [0.1, 0.15) is 18.2 Å². The Kier molecular flexibility index (Phi) is 4.78. The molecule has 2 aromatic carbocycles. The summed E-state index contributed by atoms with van der Waals surface area (Å²) in [5, 5.41) is 0.566. The fourth-order valence-electron chi connectivity index (χ4n) is 1.56. The third kappa shape index (κ3) is 3.33. The van der Waals surface area contributed by atoms with Crippen molar-refractivity contribution in [2.75, 3.05) is 0 Å². The summed E-state index contributed by atoms with van der Waals surface area (Å²) in [7, 11) is 0. The van der Waals surface area contributed by atoms with E-state index in [0.717, 1.165) is 15.6 Å². The van der Waals surface area contributed by atoms with Crippen molar-refractivity contribution >= 4 is 31.9 Å². The molecule has 2 rings (SSSR count). The SMILES string of the molecule is Fc1ccc(OCc2ccccc2Br)c(CBr)c1. The second-order valence-electron chi connectivity index (χ2n) is 3.77. The van der Waals surface area contributed by atoms with Crippen LogP contribution in [0, 0.1) is 5.82 Å². The van der Waals surface area contributed by atoms with Crippen molar-refractivity contribution in [1.82, 2.24) is 0 Å². The highest BCUT2D eigenvalue weighted by Gasteiger charge is 2.06. The van der Waals surface area contributed by atoms with Gasteiger partial charge >= 0.3 is 0 Å². The van der Waals surface area contributed by atoms with E-state index in [9.17, 15) is 4.39 Å². The van der Waals surface area contributed by atoms with E-state index in [1.165, 1.54) is 12.1 Å². The summed E-state index contributed by atoms with van der Waals surface area (Å²) in [5.41, 5.74) is 1.87. The molecule has 0 bridgehead atoms. The summed E-state index contributed by atoms with van der Waals surface area (Å²) >= 11 is 6.80. The zero-order chi connectivity index (χ0) is 13.0. The summed E-state index contributed by atoms with van der Waals surface area (Å²) < 4.78 is 19.8. The number of rotatable bonds is 4. The number of halogens is 3. The standard InChI is InChI=1S/C14H11Br2FO/c15-8-11-7-12(17)5-6-14(11)18-9-10-3-1-2-4-13(10)16/h1-7H,8-9H2. The van der Waals surface area contributed by atoms with Gasteiger partial charge in [-0.15, -0.1) is 0 Å². The number of ether oxygens (including phenoxy) is 1. The molecule has 1 nitrogen and oxygen atoms in total. The molecule has 0 saturated heterocycles. The molecule has 0 fully saturated rings. The minimum absolute atomic E-state index is 0.252. The van der Waals surface area contributed by atoms with Gasteiger partial charge in [0.2, 0.25) is 0 Å². The molecule has 0 aromatic heterocycles. The van der Waals surface area contributed by atoms with Gasteiger partial charge in [-0.25, -0.2) is 4.39 Å². The van der Waals surface area contributed by atoms with Gasteiger partial charge in [-0.1, -0.05) is 50.1 Å². The number of hydrogen-bond donors (Lipinski definition) is 0. The van der Waals surface area contributed by atoms with E-state index < -0.39 is 0 Å². The van der Waals surface area contributed by atoms with Crippen LogP contribution in [0.15, 0.2) is 46.9 Å². The Morgan fingerprint density at radius 1 is 1.06 bits per heavy atom. The van der Waals surface area contributed by atoms with E-state index in [1.807, 2.05) is 24.3 Å². The fraction of sp³-hybridized carbons (Fsp3) is 0.143. The van der Waals surface area contributed by atoms with Crippen LogP contribution < -0.4 is 4.74 Å². The average molecular weight is 374 g/mol. The summed E-state index contributed by atoms with van der Waals surface area (Å²) in [6.45, 7) is 0.451. The van der Waals surface area contributed by atoms with Crippen molar-refractivity contribution in [2.45, 2.75) is 11.9 Å². The third-order valence-corrected chi connectivity index (χ3v) is 3.89. The number of benzene rings is 2. The molecule has 0 aliphatic carbocycles. The van der Waals surface area contributed by atoms with Crippen LogP contribution in [-0.2, 0) is 11.9 Å². The van der Waals surface area contributed by atoms with Gasteiger partial charge in [-0.3, -0.25) is 0 Å². The first-order valence-electron chi connectivity index (χ1n) is 5.41. The van der Waals surface area contributed by atoms with E-state index in [2.05, 4.69) is 31.9 Å². The lowest BCUT2D eigenvalue weighted by Crippen LogP contribution is -1.99. The van der Waals surface area contributed by atoms with E-state index in [4.69, 9.17) is 4.74 Å². The first-order chi connectivity index (χ1) is 8.70. The molecule has 0 heterocycles. The molecule has 0 atom stereocenters. The Balaban J connectivity index is 2.13. The Labute approximate surface area is 122 Å². The van der Waals surface area contributed by atoms with E-state index >= 15 is 0 Å². The van der Waals surface area contributed by atoms with Crippen molar-refractivity contribution in [3.05, 3.63) is 63.9 Å². The monoisotopic (exact) mass is 372 g/mol. The topological polar surface area (TPSA) is 9.23 Å². The molecule has 18 heavy (non-hydrogen) atoms. The number of hydrogen-bond acceptors (Lipinski definition) is 1. The number of alkyl halides is 1. The lowest BCUT2D eigenvalue weighted by molar-refractivity contribution is 0.302. The summed E-state index contributed by atoms with van der Waals surface area (Å²) in [6, 6.07) is 12.4. The van der Waals surface area contributed by atoms with Crippen LogP contribution in [0.2, 0.25) is 0 Å². The van der Waals surface area contributed by atoms with Crippen LogP contribution in [0.25, 0.3) is 0 Å². The van der Waals surface area contributed by atoms with E-state index in [0.29, 0.717) is 17.7 Å². The molecule has 0 amide bonds. The van der Waals surface area contributed by atoms with Gasteiger partial charge in [-0.05, 0) is 24.3 Å². The summed E-state index contributed by atoms with van der Waals surface area (Å²) in [5.74, 6) is 0.446. The predicted molar refractivity (Wildman–Crippen MR) is 77.5 cm³/mol. The van der Waals surface area contributed by atoms with Crippen molar-refractivity contribution in [3.63, 3.8) is 0 Å². The third-order valence-electron chi connectivity index (χ3n) is 2.51. The van der Waals surface area contributed by atoms with Crippen LogP contribution in [0.3, 0.4) is 0 Å². The molecule has 0 N–H and O–H groups in total. The molecule has 0 aliphatic heterocycles. The second kappa shape index (κ2) is 6.34. The summed E-state index contributed by atoms with van der Waals surface area (Å²) in [6.07, 6.45) is 0. The maximum absolute atomic E-state index is 13.1. The zero-order valence-electron chi connectivity index (χ0n) is 9.50. The largest absolute Gasteiger partial charge is 0.489 e. The smallest absolute Gasteiger partial charge is 0.124 e. The second-order valence-corrected chi connectivity index (χ2v) is 5.18. The zero-order valence-corrected chi connectivity index (χ0v) is 12.7. The van der Waals surface area contributed by atoms with Crippen molar-refractivity contribution < 1.29 is 9.13 Å². The molecule has 0 radical (unpaired) electrons. The Morgan fingerprint density at radius 2 is 1.83 bits per heavy atom. The maximum atomic E-state index is 13.1. The highest BCUT2D eigenvalue weighted by atomic mass is 79.9. The predicted octanol–water partition coefficient (Wildman–Crippen LogP) is 5.06. The molecular weight excluding hydrogens is 363 g/mol. The summed E-state index contributed by atoms with van der Waals surface area (Å²) in [4.78, 5) is 0. The highest BCUT2D eigenvalue weighted by molar-refractivity contribution is 9.10. The molecule has 0 aliphatic rings. The molecule has 0 saturated carbocycles. The quantitative estimate of drug-likeness (QED) is 0.680. The van der Waals surface area contributed by atoms with Crippen LogP contribution in [-0.4, -0.2) is 0 Å². The average Bonchev–Trinajstić information content (AvgIpc) is 2.39. The van der Waals surface area contributed by atoms with Gasteiger partial charge in [0, 0.05) is 20.9 Å². The molecule has 0 spiro atoms. The Morgan fingerprint density at radius 3 is 2.56 bits per heavy atom. The Hall–Kier alpha value is -0.870. The lowest BCUT2D eigenvalue weighted by Gasteiger charge is -2.11. The van der Waals surface area contributed by atoms with Gasteiger partial charge in [0.05, 0.1) is 0 Å². The van der Waals surface area contributed by atoms with Gasteiger partial charge in [0.15, 0.2) is 0 Å². The van der Waals surface area contributed by atoms with Crippen LogP contribution in [0.4, 0.5) is 4.39 Å². The van der Waals surface area contributed by atoms with Crippen molar-refractivity contribution in [3.8, 4) is 5.75 Å². The molecule has 0 unspecified atom stereocenters. The molecule has 94 valence electrons. The first kappa shape index (κ1) is 13.6. The van der Waals surface area contributed by atoms with E-state index in [1.54, 1.807) is 6.07 Å². The normalized spacial score (nSPS) is 10.4. The van der Waals surface area contributed by atoms with Crippen molar-refractivity contribution in [2.24, 2.45) is 0 Å². The Bertz CT molecular complexity index is 543. The van der Waals surface area contributed by atoms with Crippen LogP contribution >= 0.6 is 31.9 Å². The molecule has 4 heteroatoms. The van der Waals surface area contributed by atoms with Crippen molar-refractivity contribution in [1.29, 1.82) is 0 Å². The molecule has 2 aromatic rings. The maximum Gasteiger partial charge on any atom is 0.124 e. The van der Waals surface area contributed by atoms with Gasteiger partial charge in [-0.2, -0.15) is 0 Å². The lowest BCUT2D eigenvalue weighted by atomic mass is 10.2. The molecular formula is C14H11Br2FO. The van der Waals surface area contributed by atoms with Crippen LogP contribution in [0.1, 0.15) is 11.1 Å². The van der Waals surface area contributed by atoms with E-state index in [-0.39, 0.29) is 5.82 Å². The minimum atomic E-state index is -0.252.